The number of halogens is 1. The van der Waals surface area contributed by atoms with Crippen LogP contribution >= 0.6 is 22.6 Å². The van der Waals surface area contributed by atoms with Crippen LogP contribution < -0.4 is 5.32 Å². The first-order valence-corrected chi connectivity index (χ1v) is 8.55. The van der Waals surface area contributed by atoms with Gasteiger partial charge in [0, 0.05) is 22.3 Å². The lowest BCUT2D eigenvalue weighted by molar-refractivity contribution is -0.117. The minimum absolute atomic E-state index is 0.0590. The first-order chi connectivity index (χ1) is 10.6. The van der Waals surface area contributed by atoms with Crippen LogP contribution in [0.2, 0.25) is 0 Å². The van der Waals surface area contributed by atoms with Gasteiger partial charge in [-0.05, 0) is 70.8 Å². The van der Waals surface area contributed by atoms with E-state index in [1.165, 1.54) is 14.7 Å². The van der Waals surface area contributed by atoms with Crippen molar-refractivity contribution >= 4 is 34.2 Å². The van der Waals surface area contributed by atoms with Crippen molar-refractivity contribution in [2.75, 3.05) is 18.4 Å². The molecule has 0 aromatic heterocycles. The van der Waals surface area contributed by atoms with E-state index >= 15 is 0 Å². The van der Waals surface area contributed by atoms with Gasteiger partial charge < -0.3 is 5.32 Å². The maximum atomic E-state index is 12.3. The van der Waals surface area contributed by atoms with Gasteiger partial charge in [-0.3, -0.25) is 9.69 Å². The molecule has 0 saturated heterocycles. The minimum Gasteiger partial charge on any atom is -0.325 e. The Morgan fingerprint density at radius 3 is 2.77 bits per heavy atom. The SMILES string of the molecule is Cc1cc(I)ccc1NC(=O)CN1CCc2ccccc2C1. The first-order valence-electron chi connectivity index (χ1n) is 7.47. The van der Waals surface area contributed by atoms with E-state index in [4.69, 9.17) is 0 Å². The summed E-state index contributed by atoms with van der Waals surface area (Å²) in [5.41, 5.74) is 4.76. The number of fused-ring (bicyclic) bond motifs is 1. The molecule has 0 atom stereocenters. The third-order valence-corrected chi connectivity index (χ3v) is 4.71. The number of amides is 1. The van der Waals surface area contributed by atoms with Gasteiger partial charge in [-0.2, -0.15) is 0 Å². The van der Waals surface area contributed by atoms with Crippen LogP contribution in [0.5, 0.6) is 0 Å². The normalized spacial score (nSPS) is 14.5. The van der Waals surface area contributed by atoms with E-state index in [1.807, 2.05) is 19.1 Å². The lowest BCUT2D eigenvalue weighted by atomic mass is 10.00. The topological polar surface area (TPSA) is 32.3 Å². The second-order valence-electron chi connectivity index (χ2n) is 5.74. The van der Waals surface area contributed by atoms with E-state index in [0.29, 0.717) is 6.54 Å². The Labute approximate surface area is 144 Å². The molecule has 4 heteroatoms. The van der Waals surface area contributed by atoms with E-state index < -0.39 is 0 Å². The molecule has 0 radical (unpaired) electrons. The van der Waals surface area contributed by atoms with Gasteiger partial charge in [-0.25, -0.2) is 0 Å². The zero-order chi connectivity index (χ0) is 15.5. The number of aryl methyl sites for hydroxylation is 1. The van der Waals surface area contributed by atoms with Crippen molar-refractivity contribution in [1.82, 2.24) is 4.90 Å². The summed E-state index contributed by atoms with van der Waals surface area (Å²) < 4.78 is 1.18. The van der Waals surface area contributed by atoms with Crippen molar-refractivity contribution in [3.05, 3.63) is 62.7 Å². The number of hydrogen-bond donors (Lipinski definition) is 1. The number of hydrogen-bond acceptors (Lipinski definition) is 2. The van der Waals surface area contributed by atoms with Crippen LogP contribution in [0.15, 0.2) is 42.5 Å². The largest absolute Gasteiger partial charge is 0.325 e. The molecule has 2 aromatic carbocycles. The molecule has 0 bridgehead atoms. The van der Waals surface area contributed by atoms with Crippen LogP contribution in [0, 0.1) is 10.5 Å². The van der Waals surface area contributed by atoms with Crippen LogP contribution in [0.1, 0.15) is 16.7 Å². The van der Waals surface area contributed by atoms with Crippen LogP contribution in [0.4, 0.5) is 5.69 Å². The van der Waals surface area contributed by atoms with Gasteiger partial charge in [0.25, 0.3) is 0 Å². The number of carbonyl (C=O) groups is 1. The van der Waals surface area contributed by atoms with Crippen LogP contribution in [0.3, 0.4) is 0 Å². The van der Waals surface area contributed by atoms with Gasteiger partial charge in [0.2, 0.25) is 5.91 Å². The molecule has 114 valence electrons. The maximum absolute atomic E-state index is 12.3. The van der Waals surface area contributed by atoms with Gasteiger partial charge in [0.1, 0.15) is 0 Å². The van der Waals surface area contributed by atoms with Gasteiger partial charge in [-0.15, -0.1) is 0 Å². The van der Waals surface area contributed by atoms with Crippen molar-refractivity contribution < 1.29 is 4.79 Å². The predicted molar refractivity (Wildman–Crippen MR) is 97.9 cm³/mol. The van der Waals surface area contributed by atoms with Crippen molar-refractivity contribution in [1.29, 1.82) is 0 Å². The smallest absolute Gasteiger partial charge is 0.238 e. The van der Waals surface area contributed by atoms with Crippen molar-refractivity contribution in [2.24, 2.45) is 0 Å². The Morgan fingerprint density at radius 2 is 2.00 bits per heavy atom. The van der Waals surface area contributed by atoms with Crippen LogP contribution in [-0.2, 0) is 17.8 Å². The third kappa shape index (κ3) is 3.67. The highest BCUT2D eigenvalue weighted by Crippen LogP contribution is 2.20. The summed E-state index contributed by atoms with van der Waals surface area (Å²) in [4.78, 5) is 14.5. The van der Waals surface area contributed by atoms with Crippen LogP contribution in [-0.4, -0.2) is 23.9 Å². The molecule has 22 heavy (non-hydrogen) atoms. The third-order valence-electron chi connectivity index (χ3n) is 4.04. The zero-order valence-electron chi connectivity index (χ0n) is 12.6. The van der Waals surface area contributed by atoms with Crippen molar-refractivity contribution in [3.8, 4) is 0 Å². The van der Waals surface area contributed by atoms with Gasteiger partial charge >= 0.3 is 0 Å². The average Bonchev–Trinajstić information content (AvgIpc) is 2.50. The second-order valence-corrected chi connectivity index (χ2v) is 6.98. The molecule has 0 aliphatic carbocycles. The molecule has 1 aliphatic heterocycles. The molecule has 3 nitrogen and oxygen atoms in total. The maximum Gasteiger partial charge on any atom is 0.238 e. The molecule has 3 rings (SSSR count). The molecule has 1 heterocycles. The summed E-state index contributed by atoms with van der Waals surface area (Å²) in [7, 11) is 0. The summed E-state index contributed by atoms with van der Waals surface area (Å²) >= 11 is 2.28. The molecule has 1 aliphatic rings. The number of anilines is 1. The molecular formula is C18H19IN2O. The van der Waals surface area contributed by atoms with Gasteiger partial charge in [0.15, 0.2) is 0 Å². The zero-order valence-corrected chi connectivity index (χ0v) is 14.8. The molecule has 1 amide bonds. The molecule has 1 N–H and O–H groups in total. The fourth-order valence-electron chi connectivity index (χ4n) is 2.85. The lowest BCUT2D eigenvalue weighted by Gasteiger charge is -2.28. The number of carbonyl (C=O) groups excluding carboxylic acids is 1. The van der Waals surface area contributed by atoms with Crippen LogP contribution in [0.25, 0.3) is 0 Å². The van der Waals surface area contributed by atoms with Gasteiger partial charge in [0.05, 0.1) is 6.54 Å². The van der Waals surface area contributed by atoms with E-state index in [-0.39, 0.29) is 5.91 Å². The minimum atomic E-state index is 0.0590. The quantitative estimate of drug-likeness (QED) is 0.791. The second kappa shape index (κ2) is 6.79. The molecule has 0 saturated carbocycles. The summed E-state index contributed by atoms with van der Waals surface area (Å²) in [6, 6.07) is 14.6. The average molecular weight is 406 g/mol. The molecule has 0 fully saturated rings. The van der Waals surface area contributed by atoms with E-state index in [1.54, 1.807) is 0 Å². The summed E-state index contributed by atoms with van der Waals surface area (Å²) in [6.07, 6.45) is 1.02. The fourth-order valence-corrected chi connectivity index (χ4v) is 3.50. The predicted octanol–water partition coefficient (Wildman–Crippen LogP) is 3.60. The summed E-state index contributed by atoms with van der Waals surface area (Å²) in [5.74, 6) is 0.0590. The molecule has 0 spiro atoms. The van der Waals surface area contributed by atoms with E-state index in [2.05, 4.69) is 63.1 Å². The standard InChI is InChI=1S/C18H19IN2O/c1-13-10-16(19)6-7-17(13)20-18(22)12-21-9-8-14-4-2-3-5-15(14)11-21/h2-7,10H,8-9,11-12H2,1H3,(H,20,22). The monoisotopic (exact) mass is 406 g/mol. The Balaban J connectivity index is 1.61. The fraction of sp³-hybridized carbons (Fsp3) is 0.278. The van der Waals surface area contributed by atoms with E-state index in [9.17, 15) is 4.79 Å². The van der Waals surface area contributed by atoms with Crippen molar-refractivity contribution in [3.63, 3.8) is 0 Å². The Hall–Kier alpha value is -1.40. The summed E-state index contributed by atoms with van der Waals surface area (Å²) in [5, 5.41) is 3.02. The number of benzene rings is 2. The Kier molecular flexibility index (Phi) is 4.78. The number of nitrogens with one attached hydrogen (secondary N) is 1. The summed E-state index contributed by atoms with van der Waals surface area (Å²) in [6.45, 7) is 4.26. The first kappa shape index (κ1) is 15.5. The highest BCUT2D eigenvalue weighted by molar-refractivity contribution is 14.1. The molecule has 0 unspecified atom stereocenters. The lowest BCUT2D eigenvalue weighted by Crippen LogP contribution is -2.37. The van der Waals surface area contributed by atoms with Gasteiger partial charge in [-0.1, -0.05) is 24.3 Å². The van der Waals surface area contributed by atoms with Crippen molar-refractivity contribution in [2.45, 2.75) is 19.9 Å². The number of nitrogens with zero attached hydrogens (tertiary/aromatic N) is 1. The molecule has 2 aromatic rings. The van der Waals surface area contributed by atoms with E-state index in [0.717, 1.165) is 30.8 Å². The molecular weight excluding hydrogens is 387 g/mol. The number of rotatable bonds is 3. The Morgan fingerprint density at radius 1 is 1.23 bits per heavy atom. The Bertz CT molecular complexity index is 699. The highest BCUT2D eigenvalue weighted by Gasteiger charge is 2.18. The highest BCUT2D eigenvalue weighted by atomic mass is 127.